The Kier molecular flexibility index (Phi) is 4.29. The molecule has 0 aromatic carbocycles. The van der Waals surface area contributed by atoms with Crippen LogP contribution in [0.3, 0.4) is 0 Å². The minimum absolute atomic E-state index is 0.206. The summed E-state index contributed by atoms with van der Waals surface area (Å²) in [6.45, 7) is 5.85. The molecular weight excluding hydrogens is 212 g/mol. The predicted molar refractivity (Wildman–Crippen MR) is 60.1 cm³/mol. The molecule has 0 spiro atoms. The number of carbonyl (C=O) groups excluding carboxylic acids is 1. The van der Waals surface area contributed by atoms with Crippen molar-refractivity contribution in [3.63, 3.8) is 0 Å². The number of aliphatic hydroxyl groups excluding tert-OH is 1. The van der Waals surface area contributed by atoms with Crippen LogP contribution in [0.25, 0.3) is 0 Å². The highest BCUT2D eigenvalue weighted by Crippen LogP contribution is 2.27. The molecule has 1 heterocycles. The summed E-state index contributed by atoms with van der Waals surface area (Å²) in [6.07, 6.45) is -1.07. The smallest absolute Gasteiger partial charge is 0.335 e. The monoisotopic (exact) mass is 228 g/mol. The Balaban J connectivity index is 2.67. The van der Waals surface area contributed by atoms with E-state index in [1.165, 1.54) is 4.88 Å². The topological polar surface area (TPSA) is 46.5 Å². The molecule has 0 radical (unpaired) electrons. The van der Waals surface area contributed by atoms with E-state index < -0.39 is 12.1 Å². The molecule has 1 aromatic heterocycles. The molecule has 15 heavy (non-hydrogen) atoms. The standard InChI is InChI=1S/C11H16O3S/c1-4-14-11(13)10(12)8(3)9-6-5-7(2)15-9/h5-6,8,10,12H,4H2,1-3H3. The molecule has 0 aliphatic carbocycles. The fourth-order valence-corrected chi connectivity index (χ4v) is 2.24. The number of esters is 1. The van der Waals surface area contributed by atoms with E-state index in [2.05, 4.69) is 0 Å². The molecule has 3 nitrogen and oxygen atoms in total. The second-order valence-electron chi connectivity index (χ2n) is 3.43. The first-order valence-corrected chi connectivity index (χ1v) is 5.79. The van der Waals surface area contributed by atoms with Crippen LogP contribution in [0.1, 0.15) is 29.5 Å². The summed E-state index contributed by atoms with van der Waals surface area (Å²) >= 11 is 1.59. The molecule has 0 amide bonds. The molecule has 4 heteroatoms. The van der Waals surface area contributed by atoms with Gasteiger partial charge in [0.25, 0.3) is 0 Å². The fraction of sp³-hybridized carbons (Fsp3) is 0.545. The van der Waals surface area contributed by atoms with Crippen LogP contribution in [0, 0.1) is 6.92 Å². The number of ether oxygens (including phenoxy) is 1. The third-order valence-electron chi connectivity index (χ3n) is 2.21. The van der Waals surface area contributed by atoms with E-state index in [0.29, 0.717) is 6.61 Å². The van der Waals surface area contributed by atoms with E-state index in [1.54, 1.807) is 18.3 Å². The van der Waals surface area contributed by atoms with Gasteiger partial charge in [-0.15, -0.1) is 11.3 Å². The summed E-state index contributed by atoms with van der Waals surface area (Å²) in [6, 6.07) is 3.92. The first-order valence-electron chi connectivity index (χ1n) is 4.97. The van der Waals surface area contributed by atoms with Gasteiger partial charge >= 0.3 is 5.97 Å². The third kappa shape index (κ3) is 3.04. The van der Waals surface area contributed by atoms with Gasteiger partial charge in [0.05, 0.1) is 6.61 Å². The largest absolute Gasteiger partial charge is 0.464 e. The fourth-order valence-electron chi connectivity index (χ4n) is 1.29. The van der Waals surface area contributed by atoms with Crippen molar-refractivity contribution in [2.24, 2.45) is 0 Å². The van der Waals surface area contributed by atoms with E-state index in [9.17, 15) is 9.90 Å². The van der Waals surface area contributed by atoms with E-state index in [1.807, 2.05) is 26.0 Å². The van der Waals surface area contributed by atoms with Gasteiger partial charge in [-0.3, -0.25) is 0 Å². The summed E-state index contributed by atoms with van der Waals surface area (Å²) in [5, 5.41) is 9.71. The van der Waals surface area contributed by atoms with Gasteiger partial charge < -0.3 is 9.84 Å². The molecule has 84 valence electrons. The summed E-state index contributed by atoms with van der Waals surface area (Å²) in [4.78, 5) is 13.5. The Morgan fingerprint density at radius 2 is 2.27 bits per heavy atom. The Morgan fingerprint density at radius 1 is 1.60 bits per heavy atom. The Hall–Kier alpha value is -0.870. The van der Waals surface area contributed by atoms with Crippen LogP contribution in [-0.4, -0.2) is 23.8 Å². The molecule has 0 saturated heterocycles. The molecule has 0 saturated carbocycles. The first kappa shape index (κ1) is 12.2. The molecule has 2 atom stereocenters. The minimum atomic E-state index is -1.07. The van der Waals surface area contributed by atoms with E-state index >= 15 is 0 Å². The van der Waals surface area contributed by atoms with Gasteiger partial charge in [0.2, 0.25) is 0 Å². The first-order chi connectivity index (χ1) is 7.06. The van der Waals surface area contributed by atoms with Gasteiger partial charge in [-0.2, -0.15) is 0 Å². The maximum Gasteiger partial charge on any atom is 0.335 e. The Bertz CT molecular complexity index is 332. The van der Waals surface area contributed by atoms with Gasteiger partial charge in [0.15, 0.2) is 6.10 Å². The highest BCUT2D eigenvalue weighted by molar-refractivity contribution is 7.12. The molecule has 0 aliphatic heterocycles. The summed E-state index contributed by atoms with van der Waals surface area (Å²) in [7, 11) is 0. The number of aryl methyl sites for hydroxylation is 1. The van der Waals surface area contributed by atoms with E-state index in [4.69, 9.17) is 4.74 Å². The van der Waals surface area contributed by atoms with Gasteiger partial charge in [-0.25, -0.2) is 4.79 Å². The van der Waals surface area contributed by atoms with E-state index in [0.717, 1.165) is 4.88 Å². The zero-order valence-corrected chi connectivity index (χ0v) is 10.0. The van der Waals surface area contributed by atoms with Crippen LogP contribution in [0.5, 0.6) is 0 Å². The molecule has 0 aliphatic rings. The zero-order chi connectivity index (χ0) is 11.4. The lowest BCUT2D eigenvalue weighted by Crippen LogP contribution is -2.28. The van der Waals surface area contributed by atoms with Crippen LogP contribution in [-0.2, 0) is 9.53 Å². The van der Waals surface area contributed by atoms with Crippen LogP contribution in [0.15, 0.2) is 12.1 Å². The molecule has 0 fully saturated rings. The van der Waals surface area contributed by atoms with Crippen molar-refractivity contribution >= 4 is 17.3 Å². The normalized spacial score (nSPS) is 14.7. The average molecular weight is 228 g/mol. The summed E-state index contributed by atoms with van der Waals surface area (Å²) < 4.78 is 4.77. The third-order valence-corrected chi connectivity index (χ3v) is 3.41. The lowest BCUT2D eigenvalue weighted by molar-refractivity contribution is -0.153. The number of hydrogen-bond donors (Lipinski definition) is 1. The predicted octanol–water partition coefficient (Wildman–Crippen LogP) is 2.08. The average Bonchev–Trinajstić information content (AvgIpc) is 2.63. The van der Waals surface area contributed by atoms with Crippen molar-refractivity contribution in [1.82, 2.24) is 0 Å². The van der Waals surface area contributed by atoms with Gasteiger partial charge in [-0.05, 0) is 26.0 Å². The quantitative estimate of drug-likeness (QED) is 0.803. The number of aliphatic hydroxyl groups is 1. The van der Waals surface area contributed by atoms with Gasteiger partial charge in [0, 0.05) is 15.7 Å². The molecule has 0 bridgehead atoms. The van der Waals surface area contributed by atoms with Crippen molar-refractivity contribution in [3.8, 4) is 0 Å². The molecule has 2 unspecified atom stereocenters. The second-order valence-corrected chi connectivity index (χ2v) is 4.75. The van der Waals surface area contributed by atoms with Crippen molar-refractivity contribution in [2.75, 3.05) is 6.61 Å². The highest BCUT2D eigenvalue weighted by atomic mass is 32.1. The lowest BCUT2D eigenvalue weighted by Gasteiger charge is -2.15. The van der Waals surface area contributed by atoms with E-state index in [-0.39, 0.29) is 5.92 Å². The summed E-state index contributed by atoms with van der Waals surface area (Å²) in [5.74, 6) is -0.751. The zero-order valence-electron chi connectivity index (χ0n) is 9.19. The molecule has 1 rings (SSSR count). The number of hydrogen-bond acceptors (Lipinski definition) is 4. The maximum atomic E-state index is 11.3. The number of carbonyl (C=O) groups is 1. The second kappa shape index (κ2) is 5.28. The van der Waals surface area contributed by atoms with Crippen LogP contribution < -0.4 is 0 Å². The molecular formula is C11H16O3S. The minimum Gasteiger partial charge on any atom is -0.464 e. The van der Waals surface area contributed by atoms with Gasteiger partial charge in [0.1, 0.15) is 0 Å². The maximum absolute atomic E-state index is 11.3. The van der Waals surface area contributed by atoms with Crippen LogP contribution >= 0.6 is 11.3 Å². The van der Waals surface area contributed by atoms with Crippen molar-refractivity contribution in [1.29, 1.82) is 0 Å². The molecule has 1 aromatic rings. The Morgan fingerprint density at radius 3 is 2.73 bits per heavy atom. The SMILES string of the molecule is CCOC(=O)C(O)C(C)c1ccc(C)s1. The van der Waals surface area contributed by atoms with Crippen molar-refractivity contribution in [2.45, 2.75) is 32.8 Å². The Labute approximate surface area is 93.7 Å². The highest BCUT2D eigenvalue weighted by Gasteiger charge is 2.25. The summed E-state index contributed by atoms with van der Waals surface area (Å²) in [5.41, 5.74) is 0. The number of thiophene rings is 1. The van der Waals surface area contributed by atoms with Crippen molar-refractivity contribution in [3.05, 3.63) is 21.9 Å². The van der Waals surface area contributed by atoms with Crippen molar-refractivity contribution < 1.29 is 14.6 Å². The number of rotatable bonds is 4. The van der Waals surface area contributed by atoms with Gasteiger partial charge in [-0.1, -0.05) is 6.92 Å². The lowest BCUT2D eigenvalue weighted by atomic mass is 10.0. The molecule has 1 N–H and O–H groups in total. The van der Waals surface area contributed by atoms with Crippen LogP contribution in [0.2, 0.25) is 0 Å². The van der Waals surface area contributed by atoms with Crippen LogP contribution in [0.4, 0.5) is 0 Å².